The molecule has 2 N–H and O–H groups in total. The largest absolute Gasteiger partial charge is 0.424 e. The summed E-state index contributed by atoms with van der Waals surface area (Å²) in [5.74, 6) is 0.164. The number of nitrogens with zero attached hydrogens (tertiary/aromatic N) is 3. The van der Waals surface area contributed by atoms with Crippen molar-refractivity contribution in [2.45, 2.75) is 12.8 Å². The number of hydrogen-bond acceptors (Lipinski definition) is 6. The number of hydrogen-bond donors (Lipinski definition) is 1. The predicted molar refractivity (Wildman–Crippen MR) is 95.1 cm³/mol. The van der Waals surface area contributed by atoms with Crippen molar-refractivity contribution < 1.29 is 9.21 Å². The van der Waals surface area contributed by atoms with Gasteiger partial charge in [-0.1, -0.05) is 36.4 Å². The SMILES string of the molecule is NC(=O)Cc1nnc(Cc2nc3ccc(-c4ccccc4)cc3s2)o1. The average molecular weight is 350 g/mol. The summed E-state index contributed by atoms with van der Waals surface area (Å²) in [6.45, 7) is 0. The van der Waals surface area contributed by atoms with Crippen LogP contribution < -0.4 is 5.73 Å². The van der Waals surface area contributed by atoms with Gasteiger partial charge in [0.1, 0.15) is 11.4 Å². The number of carbonyl (C=O) groups excluding carboxylic acids is 1. The van der Waals surface area contributed by atoms with Crippen LogP contribution in [0.1, 0.15) is 16.8 Å². The fourth-order valence-electron chi connectivity index (χ4n) is 2.57. The summed E-state index contributed by atoms with van der Waals surface area (Å²) in [5.41, 5.74) is 8.39. The minimum absolute atomic E-state index is 0.0483. The number of aromatic nitrogens is 3. The Kier molecular flexibility index (Phi) is 3.99. The molecule has 4 aromatic rings. The van der Waals surface area contributed by atoms with Crippen molar-refractivity contribution >= 4 is 27.5 Å². The third-order valence-corrected chi connectivity index (χ3v) is 4.69. The van der Waals surface area contributed by atoms with Gasteiger partial charge in [0.25, 0.3) is 0 Å². The van der Waals surface area contributed by atoms with Crippen molar-refractivity contribution in [1.82, 2.24) is 15.2 Å². The molecule has 4 rings (SSSR count). The number of benzene rings is 2. The number of amides is 1. The van der Waals surface area contributed by atoms with Crippen LogP contribution in [0.2, 0.25) is 0 Å². The van der Waals surface area contributed by atoms with E-state index < -0.39 is 5.91 Å². The van der Waals surface area contributed by atoms with Crippen LogP contribution in [0.4, 0.5) is 0 Å². The molecule has 0 radical (unpaired) electrons. The van der Waals surface area contributed by atoms with Gasteiger partial charge in [0.15, 0.2) is 0 Å². The summed E-state index contributed by atoms with van der Waals surface area (Å²) < 4.78 is 6.54. The lowest BCUT2D eigenvalue weighted by molar-refractivity contribution is -0.117. The van der Waals surface area contributed by atoms with Crippen molar-refractivity contribution in [1.29, 1.82) is 0 Å². The summed E-state index contributed by atoms with van der Waals surface area (Å²) in [5, 5.41) is 8.65. The Morgan fingerprint density at radius 2 is 1.84 bits per heavy atom. The van der Waals surface area contributed by atoms with Gasteiger partial charge in [-0.15, -0.1) is 21.5 Å². The molecule has 0 saturated carbocycles. The molecular formula is C18H14N4O2S. The smallest absolute Gasteiger partial charge is 0.226 e. The van der Waals surface area contributed by atoms with Crippen LogP contribution in [0, 0.1) is 0 Å². The van der Waals surface area contributed by atoms with Crippen LogP contribution in [-0.4, -0.2) is 21.1 Å². The zero-order valence-electron chi connectivity index (χ0n) is 13.2. The van der Waals surface area contributed by atoms with E-state index in [0.29, 0.717) is 12.3 Å². The highest BCUT2D eigenvalue weighted by molar-refractivity contribution is 7.18. The van der Waals surface area contributed by atoms with Gasteiger partial charge in [0.05, 0.1) is 16.6 Å². The Morgan fingerprint density at radius 1 is 1.04 bits per heavy atom. The fourth-order valence-corrected chi connectivity index (χ4v) is 3.57. The molecule has 2 aromatic heterocycles. The second-order valence-electron chi connectivity index (χ2n) is 5.57. The first-order chi connectivity index (χ1) is 12.2. The third-order valence-electron chi connectivity index (χ3n) is 3.68. The highest BCUT2D eigenvalue weighted by Crippen LogP contribution is 2.29. The molecule has 2 aromatic carbocycles. The predicted octanol–water partition coefficient (Wildman–Crippen LogP) is 2.96. The van der Waals surface area contributed by atoms with Gasteiger partial charge in [0.2, 0.25) is 17.7 Å². The minimum Gasteiger partial charge on any atom is -0.424 e. The van der Waals surface area contributed by atoms with E-state index in [1.807, 2.05) is 24.3 Å². The third kappa shape index (κ3) is 3.41. The fraction of sp³-hybridized carbons (Fsp3) is 0.111. The number of thiazole rings is 1. The Morgan fingerprint density at radius 3 is 2.64 bits per heavy atom. The Bertz CT molecular complexity index is 1040. The minimum atomic E-state index is -0.497. The van der Waals surface area contributed by atoms with Gasteiger partial charge < -0.3 is 10.2 Å². The molecular weight excluding hydrogens is 336 g/mol. The molecule has 2 heterocycles. The lowest BCUT2D eigenvalue weighted by Crippen LogP contribution is -2.13. The molecule has 0 unspecified atom stereocenters. The summed E-state index contributed by atoms with van der Waals surface area (Å²) >= 11 is 1.59. The van der Waals surface area contributed by atoms with Crippen molar-refractivity contribution in [2.75, 3.05) is 0 Å². The van der Waals surface area contributed by atoms with Crippen molar-refractivity contribution in [2.24, 2.45) is 5.73 Å². The lowest BCUT2D eigenvalue weighted by Gasteiger charge is -2.00. The standard InChI is InChI=1S/C18H14N4O2S/c19-15(23)9-16-21-22-17(24-16)10-18-20-13-7-6-12(8-14(13)25-18)11-4-2-1-3-5-11/h1-8H,9-10H2,(H2,19,23). The highest BCUT2D eigenvalue weighted by atomic mass is 32.1. The molecule has 0 atom stereocenters. The molecule has 0 aliphatic heterocycles. The van der Waals surface area contributed by atoms with Crippen molar-refractivity contribution in [3.8, 4) is 11.1 Å². The first-order valence-corrected chi connectivity index (χ1v) is 8.53. The van der Waals surface area contributed by atoms with E-state index >= 15 is 0 Å². The summed E-state index contributed by atoms with van der Waals surface area (Å²) in [6.07, 6.45) is 0.388. The maximum atomic E-state index is 10.9. The maximum absolute atomic E-state index is 10.9. The lowest BCUT2D eigenvalue weighted by atomic mass is 10.1. The number of carbonyl (C=O) groups is 1. The zero-order valence-corrected chi connectivity index (χ0v) is 14.0. The van der Waals surface area contributed by atoms with Crippen LogP contribution in [0.25, 0.3) is 21.3 Å². The van der Waals surface area contributed by atoms with Crippen LogP contribution >= 0.6 is 11.3 Å². The van der Waals surface area contributed by atoms with Crippen molar-refractivity contribution in [3.63, 3.8) is 0 Å². The average Bonchev–Trinajstić information content (AvgIpc) is 3.20. The van der Waals surface area contributed by atoms with E-state index in [2.05, 4.69) is 39.4 Å². The summed E-state index contributed by atoms with van der Waals surface area (Å²) in [4.78, 5) is 15.5. The highest BCUT2D eigenvalue weighted by Gasteiger charge is 2.12. The first kappa shape index (κ1) is 15.5. The van der Waals surface area contributed by atoms with Crippen LogP contribution in [-0.2, 0) is 17.6 Å². The monoisotopic (exact) mass is 350 g/mol. The normalized spacial score (nSPS) is 11.0. The molecule has 0 aliphatic rings. The molecule has 0 saturated heterocycles. The molecule has 0 bridgehead atoms. The van der Waals surface area contributed by atoms with E-state index in [9.17, 15) is 4.79 Å². The maximum Gasteiger partial charge on any atom is 0.226 e. The quantitative estimate of drug-likeness (QED) is 0.597. The number of primary amides is 1. The second kappa shape index (κ2) is 6.45. The van der Waals surface area contributed by atoms with Gasteiger partial charge in [-0.3, -0.25) is 4.79 Å². The second-order valence-corrected chi connectivity index (χ2v) is 6.68. The molecule has 0 fully saturated rings. The molecule has 6 nitrogen and oxygen atoms in total. The Balaban J connectivity index is 1.59. The number of rotatable bonds is 5. The van der Waals surface area contributed by atoms with Crippen molar-refractivity contribution in [3.05, 3.63) is 65.3 Å². The zero-order chi connectivity index (χ0) is 17.2. The molecule has 0 aliphatic carbocycles. The van der Waals surface area contributed by atoms with Gasteiger partial charge >= 0.3 is 0 Å². The van der Waals surface area contributed by atoms with E-state index in [-0.39, 0.29) is 12.3 Å². The van der Waals surface area contributed by atoms with Gasteiger partial charge in [-0.05, 0) is 23.3 Å². The van der Waals surface area contributed by atoms with E-state index in [0.717, 1.165) is 20.8 Å². The summed E-state index contributed by atoms with van der Waals surface area (Å²) in [7, 11) is 0. The van der Waals surface area contributed by atoms with Gasteiger partial charge in [-0.25, -0.2) is 4.98 Å². The van der Waals surface area contributed by atoms with Crippen LogP contribution in [0.15, 0.2) is 52.9 Å². The Hall–Kier alpha value is -3.06. The molecule has 124 valence electrons. The van der Waals surface area contributed by atoms with Crippen LogP contribution in [0.3, 0.4) is 0 Å². The molecule has 0 spiro atoms. The summed E-state index contributed by atoms with van der Waals surface area (Å²) in [6, 6.07) is 16.4. The van der Waals surface area contributed by atoms with Gasteiger partial charge in [-0.2, -0.15) is 0 Å². The number of nitrogens with two attached hydrogens (primary N) is 1. The topological polar surface area (TPSA) is 94.9 Å². The van der Waals surface area contributed by atoms with E-state index in [4.69, 9.17) is 10.2 Å². The Labute approximate surface area is 147 Å². The van der Waals surface area contributed by atoms with Gasteiger partial charge in [0, 0.05) is 0 Å². The first-order valence-electron chi connectivity index (χ1n) is 7.72. The van der Waals surface area contributed by atoms with E-state index in [1.165, 1.54) is 5.56 Å². The van der Waals surface area contributed by atoms with Crippen LogP contribution in [0.5, 0.6) is 0 Å². The molecule has 7 heteroatoms. The molecule has 25 heavy (non-hydrogen) atoms. The van der Waals surface area contributed by atoms with E-state index in [1.54, 1.807) is 11.3 Å². The molecule has 1 amide bonds. The number of fused-ring (bicyclic) bond motifs is 1.